The highest BCUT2D eigenvalue weighted by Gasteiger charge is 2.27. The number of urea groups is 1. The monoisotopic (exact) mass is 325 g/mol. The first-order chi connectivity index (χ1) is 10.5. The van der Waals surface area contributed by atoms with Gasteiger partial charge in [0.1, 0.15) is 0 Å². The van der Waals surface area contributed by atoms with Gasteiger partial charge in [-0.1, -0.05) is 30.3 Å². The zero-order valence-electron chi connectivity index (χ0n) is 12.1. The molecule has 0 aliphatic carbocycles. The van der Waals surface area contributed by atoms with Crippen molar-refractivity contribution in [1.29, 1.82) is 0 Å². The van der Waals surface area contributed by atoms with Crippen LogP contribution in [0.25, 0.3) is 0 Å². The van der Waals surface area contributed by atoms with Crippen LogP contribution in [-0.4, -0.2) is 50.6 Å². The minimum absolute atomic E-state index is 0.0159. The van der Waals surface area contributed by atoms with E-state index in [2.05, 4.69) is 10.0 Å². The molecule has 1 fully saturated rings. The minimum Gasteiger partial charge on any atom is -0.329 e. The molecule has 0 unspecified atom stereocenters. The van der Waals surface area contributed by atoms with E-state index in [-0.39, 0.29) is 31.3 Å². The van der Waals surface area contributed by atoms with Gasteiger partial charge in [-0.15, -0.1) is 0 Å². The molecule has 2 N–H and O–H groups in total. The van der Waals surface area contributed by atoms with Crippen molar-refractivity contribution >= 4 is 22.0 Å². The van der Waals surface area contributed by atoms with E-state index in [4.69, 9.17) is 0 Å². The normalized spacial score (nSPS) is 15.2. The van der Waals surface area contributed by atoms with Crippen molar-refractivity contribution in [3.8, 4) is 0 Å². The van der Waals surface area contributed by atoms with Crippen LogP contribution in [0.2, 0.25) is 0 Å². The number of imide groups is 1. The van der Waals surface area contributed by atoms with Crippen LogP contribution in [0.1, 0.15) is 12.0 Å². The maximum absolute atomic E-state index is 11.8. The molecule has 0 bridgehead atoms. The van der Waals surface area contributed by atoms with E-state index in [1.165, 1.54) is 0 Å². The summed E-state index contributed by atoms with van der Waals surface area (Å²) in [6.07, 6.45) is 1.21. The Morgan fingerprint density at radius 2 is 1.91 bits per heavy atom. The Morgan fingerprint density at radius 1 is 1.18 bits per heavy atom. The molecule has 7 nitrogen and oxygen atoms in total. The van der Waals surface area contributed by atoms with Gasteiger partial charge >= 0.3 is 6.03 Å². The number of hydrogen-bond donors (Lipinski definition) is 2. The molecule has 3 amide bonds. The second-order valence-corrected chi connectivity index (χ2v) is 6.93. The number of benzene rings is 1. The summed E-state index contributed by atoms with van der Waals surface area (Å²) in [6, 6.07) is 9.18. The van der Waals surface area contributed by atoms with E-state index in [0.717, 1.165) is 10.5 Å². The van der Waals surface area contributed by atoms with Crippen LogP contribution in [0.5, 0.6) is 0 Å². The summed E-state index contributed by atoms with van der Waals surface area (Å²) in [5.74, 6) is -0.324. The second kappa shape index (κ2) is 7.37. The number of carbonyl (C=O) groups is 2. The maximum Gasteiger partial charge on any atom is 0.324 e. The molecule has 1 aliphatic heterocycles. The first-order valence-corrected chi connectivity index (χ1v) is 8.72. The van der Waals surface area contributed by atoms with Crippen LogP contribution in [0.4, 0.5) is 4.79 Å². The number of rotatable bonds is 8. The summed E-state index contributed by atoms with van der Waals surface area (Å²) in [5.41, 5.74) is 1.09. The van der Waals surface area contributed by atoms with Gasteiger partial charge in [0.25, 0.3) is 0 Å². The van der Waals surface area contributed by atoms with E-state index in [1.807, 2.05) is 30.3 Å². The third-order valence-electron chi connectivity index (χ3n) is 3.32. The Balaban J connectivity index is 1.70. The molecular weight excluding hydrogens is 306 g/mol. The first kappa shape index (κ1) is 16.4. The molecule has 1 aromatic carbocycles. The largest absolute Gasteiger partial charge is 0.329 e. The third-order valence-corrected chi connectivity index (χ3v) is 4.79. The van der Waals surface area contributed by atoms with Crippen molar-refractivity contribution < 1.29 is 18.0 Å². The number of hydrogen-bond acceptors (Lipinski definition) is 4. The number of nitrogens with zero attached hydrogens (tertiary/aromatic N) is 1. The summed E-state index contributed by atoms with van der Waals surface area (Å²) in [5, 5.41) is 2.38. The van der Waals surface area contributed by atoms with E-state index in [9.17, 15) is 18.0 Å². The van der Waals surface area contributed by atoms with Gasteiger partial charge in [-0.2, -0.15) is 0 Å². The molecular formula is C14H19N3O4S. The van der Waals surface area contributed by atoms with Gasteiger partial charge in [0, 0.05) is 13.1 Å². The SMILES string of the molecule is O=C1CNC(=O)N1CCNS(=O)(=O)CCCc1ccccc1. The van der Waals surface area contributed by atoms with Crippen LogP contribution in [0.3, 0.4) is 0 Å². The Hall–Kier alpha value is -1.93. The molecule has 1 saturated heterocycles. The van der Waals surface area contributed by atoms with Gasteiger partial charge in [0.15, 0.2) is 0 Å². The fraction of sp³-hybridized carbons (Fsp3) is 0.429. The summed E-state index contributed by atoms with van der Waals surface area (Å²) < 4.78 is 26.1. The summed E-state index contributed by atoms with van der Waals surface area (Å²) in [7, 11) is -3.40. The molecule has 0 spiro atoms. The Kier molecular flexibility index (Phi) is 5.51. The fourth-order valence-corrected chi connectivity index (χ4v) is 3.25. The number of sulfonamides is 1. The lowest BCUT2D eigenvalue weighted by Gasteiger charge is -2.13. The minimum atomic E-state index is -3.40. The van der Waals surface area contributed by atoms with Gasteiger partial charge in [-0.25, -0.2) is 17.9 Å². The van der Waals surface area contributed by atoms with Crippen molar-refractivity contribution in [2.75, 3.05) is 25.4 Å². The predicted octanol–water partition coefficient (Wildman–Crippen LogP) is 0.0904. The molecule has 22 heavy (non-hydrogen) atoms. The lowest BCUT2D eigenvalue weighted by Crippen LogP contribution is -2.39. The van der Waals surface area contributed by atoms with Crippen LogP contribution < -0.4 is 10.0 Å². The van der Waals surface area contributed by atoms with Crippen molar-refractivity contribution in [2.45, 2.75) is 12.8 Å². The highest BCUT2D eigenvalue weighted by atomic mass is 32.2. The maximum atomic E-state index is 11.8. The molecule has 8 heteroatoms. The van der Waals surface area contributed by atoms with Crippen molar-refractivity contribution in [3.63, 3.8) is 0 Å². The van der Waals surface area contributed by atoms with Gasteiger partial charge < -0.3 is 5.32 Å². The molecule has 0 aromatic heterocycles. The third kappa shape index (κ3) is 4.81. The van der Waals surface area contributed by atoms with E-state index in [0.29, 0.717) is 12.8 Å². The number of amides is 3. The lowest BCUT2D eigenvalue weighted by molar-refractivity contribution is -0.124. The van der Waals surface area contributed by atoms with Crippen LogP contribution in [0, 0.1) is 0 Å². The van der Waals surface area contributed by atoms with E-state index < -0.39 is 16.1 Å². The quantitative estimate of drug-likeness (QED) is 0.662. The molecule has 2 rings (SSSR count). The molecule has 1 aromatic rings. The molecule has 0 saturated carbocycles. The van der Waals surface area contributed by atoms with Crippen molar-refractivity contribution in [1.82, 2.24) is 14.9 Å². The van der Waals surface area contributed by atoms with E-state index >= 15 is 0 Å². The van der Waals surface area contributed by atoms with Gasteiger partial charge in [-0.05, 0) is 18.4 Å². The van der Waals surface area contributed by atoms with Crippen molar-refractivity contribution in [3.05, 3.63) is 35.9 Å². The van der Waals surface area contributed by atoms with Gasteiger partial charge in [-0.3, -0.25) is 9.69 Å². The highest BCUT2D eigenvalue weighted by Crippen LogP contribution is 2.04. The Labute approximate surface area is 129 Å². The molecule has 1 aliphatic rings. The molecule has 0 atom stereocenters. The second-order valence-electron chi connectivity index (χ2n) is 5.01. The topological polar surface area (TPSA) is 95.6 Å². The molecule has 120 valence electrons. The average Bonchev–Trinajstić information content (AvgIpc) is 2.80. The molecule has 0 radical (unpaired) electrons. The average molecular weight is 325 g/mol. The molecule has 1 heterocycles. The zero-order chi connectivity index (χ0) is 16.0. The van der Waals surface area contributed by atoms with Crippen LogP contribution in [0.15, 0.2) is 30.3 Å². The first-order valence-electron chi connectivity index (χ1n) is 7.07. The number of nitrogens with one attached hydrogen (secondary N) is 2. The van der Waals surface area contributed by atoms with Crippen LogP contribution >= 0.6 is 0 Å². The highest BCUT2D eigenvalue weighted by molar-refractivity contribution is 7.89. The standard InChI is InChI=1S/C14H19N3O4S/c18-13-11-15-14(19)17(13)9-8-16-22(20,21)10-4-7-12-5-2-1-3-6-12/h1-3,5-6,16H,4,7-11H2,(H,15,19). The Morgan fingerprint density at radius 3 is 2.55 bits per heavy atom. The smallest absolute Gasteiger partial charge is 0.324 e. The zero-order valence-corrected chi connectivity index (χ0v) is 12.9. The van der Waals surface area contributed by atoms with Gasteiger partial charge in [0.05, 0.1) is 12.3 Å². The summed E-state index contributed by atoms with van der Waals surface area (Å²) >= 11 is 0. The predicted molar refractivity (Wildman–Crippen MR) is 81.7 cm³/mol. The lowest BCUT2D eigenvalue weighted by atomic mass is 10.1. The van der Waals surface area contributed by atoms with Crippen LogP contribution in [-0.2, 0) is 21.2 Å². The van der Waals surface area contributed by atoms with Crippen molar-refractivity contribution in [2.24, 2.45) is 0 Å². The summed E-state index contributed by atoms with van der Waals surface area (Å²) in [4.78, 5) is 23.6. The van der Waals surface area contributed by atoms with Gasteiger partial charge in [0.2, 0.25) is 15.9 Å². The van der Waals surface area contributed by atoms with E-state index in [1.54, 1.807) is 0 Å². The number of aryl methyl sites for hydroxylation is 1. The number of carbonyl (C=O) groups excluding carboxylic acids is 2. The fourth-order valence-electron chi connectivity index (χ4n) is 2.18. The summed E-state index contributed by atoms with van der Waals surface area (Å²) in [6.45, 7) is 0.0536. The Bertz CT molecular complexity index is 615.